The highest BCUT2D eigenvalue weighted by molar-refractivity contribution is 6.77. The van der Waals surface area contributed by atoms with Crippen LogP contribution in [0.5, 0.6) is 0 Å². The Morgan fingerprint density at radius 1 is 0.917 bits per heavy atom. The first-order valence-corrected chi connectivity index (χ1v) is 17.3. The van der Waals surface area contributed by atoms with Gasteiger partial charge in [-0.2, -0.15) is 0 Å². The Bertz CT molecular complexity index is 792. The van der Waals surface area contributed by atoms with E-state index in [2.05, 4.69) is 76.2 Å². The molecule has 0 aromatic rings. The van der Waals surface area contributed by atoms with Gasteiger partial charge in [0.05, 0.1) is 12.2 Å². The fourth-order valence-corrected chi connectivity index (χ4v) is 15.6. The van der Waals surface area contributed by atoms with Crippen LogP contribution in [0, 0.1) is 34.5 Å². The van der Waals surface area contributed by atoms with Gasteiger partial charge in [0.2, 0.25) is 0 Å². The Balaban J connectivity index is 1.67. The van der Waals surface area contributed by atoms with Crippen LogP contribution in [0.25, 0.3) is 0 Å². The lowest BCUT2D eigenvalue weighted by molar-refractivity contribution is -0.275. The van der Waals surface area contributed by atoms with Crippen molar-refractivity contribution in [2.24, 2.45) is 34.5 Å². The Labute approximate surface area is 223 Å². The number of ether oxygens (including phenoxy) is 2. The van der Waals surface area contributed by atoms with Crippen molar-refractivity contribution in [3.8, 4) is 0 Å². The van der Waals surface area contributed by atoms with E-state index in [1.54, 1.807) is 0 Å². The van der Waals surface area contributed by atoms with Crippen LogP contribution in [0.1, 0.15) is 115 Å². The molecule has 1 heterocycles. The number of ketones is 1. The maximum atomic E-state index is 13.3. The number of hydrogen-bond donors (Lipinski definition) is 0. The lowest BCUT2D eigenvalue weighted by atomic mass is 9.42. The highest BCUT2D eigenvalue weighted by Gasteiger charge is 2.66. The number of Topliss-reactive ketones (excluding diaryl/α,β-unsaturated/α-hetero) is 1. The molecule has 8 atom stereocenters. The minimum atomic E-state index is -1.98. The van der Waals surface area contributed by atoms with E-state index in [0.29, 0.717) is 40.2 Å². The summed E-state index contributed by atoms with van der Waals surface area (Å²) in [7, 11) is -1.98. The average Bonchev–Trinajstić information content (AvgIpc) is 3.07. The topological polar surface area (TPSA) is 44.8 Å². The molecule has 3 saturated carbocycles. The Hall–Kier alpha value is -0.233. The number of carbonyl (C=O) groups excluding carboxylic acids is 1. The molecule has 4 nitrogen and oxygen atoms in total. The van der Waals surface area contributed by atoms with E-state index in [4.69, 9.17) is 13.9 Å². The van der Waals surface area contributed by atoms with E-state index < -0.39 is 14.1 Å². The summed E-state index contributed by atoms with van der Waals surface area (Å²) < 4.78 is 20.5. The molecule has 1 spiro atoms. The van der Waals surface area contributed by atoms with Crippen molar-refractivity contribution in [3.05, 3.63) is 0 Å². The number of rotatable bonds is 6. The van der Waals surface area contributed by atoms with Crippen molar-refractivity contribution in [1.82, 2.24) is 0 Å². The SMILES string of the molecule is CC(C)[Si](OC[C@@]12CC[C@H]3[C@H](C)C4(CC[C@]3(C)[C@H]1CC(=O)[C@H](C)C2)O[C@H](C)[C@@H](C)O4)(C(C)C)C(C)C. The van der Waals surface area contributed by atoms with Gasteiger partial charge in [0.15, 0.2) is 14.1 Å². The molecular formula is C31H56O4Si. The standard InChI is InChI=1S/C31H56O4Si/c1-19(2)36(20(3)4,21(5)6)33-18-30-13-12-26-23(8)31(34-24(9)25(10)35-31)15-14-29(26,11)28(30)16-27(32)22(7)17-30/h19-26,28H,12-18H2,1-11H3/t22-,23+,24-,25-,26+,28-,29+,30+/m1/s1. The summed E-state index contributed by atoms with van der Waals surface area (Å²) in [5.41, 5.74) is 1.98. The molecule has 0 unspecified atom stereocenters. The lowest BCUT2D eigenvalue weighted by Crippen LogP contribution is -2.63. The minimum absolute atomic E-state index is 0.109. The van der Waals surface area contributed by atoms with Gasteiger partial charge in [-0.3, -0.25) is 4.79 Å². The molecule has 3 aliphatic carbocycles. The second-order valence-electron chi connectivity index (χ2n) is 14.7. The van der Waals surface area contributed by atoms with Gasteiger partial charge in [0.1, 0.15) is 5.78 Å². The molecule has 208 valence electrons. The number of fused-ring (bicyclic) bond motifs is 3. The predicted molar refractivity (Wildman–Crippen MR) is 149 cm³/mol. The lowest BCUT2D eigenvalue weighted by Gasteiger charge is -2.65. The van der Waals surface area contributed by atoms with Crippen molar-refractivity contribution >= 4 is 14.1 Å². The van der Waals surface area contributed by atoms with Crippen LogP contribution >= 0.6 is 0 Å². The van der Waals surface area contributed by atoms with Crippen molar-refractivity contribution in [3.63, 3.8) is 0 Å². The first-order chi connectivity index (χ1) is 16.6. The fraction of sp³-hybridized carbons (Fsp3) is 0.968. The molecule has 1 saturated heterocycles. The van der Waals surface area contributed by atoms with E-state index in [9.17, 15) is 4.79 Å². The van der Waals surface area contributed by atoms with E-state index in [1.807, 2.05) is 0 Å². The second kappa shape index (κ2) is 9.75. The van der Waals surface area contributed by atoms with Crippen molar-refractivity contribution in [2.75, 3.05) is 6.61 Å². The largest absolute Gasteiger partial charge is 0.415 e. The van der Waals surface area contributed by atoms with Crippen molar-refractivity contribution in [2.45, 2.75) is 149 Å². The van der Waals surface area contributed by atoms with E-state index in [1.165, 1.54) is 12.8 Å². The highest BCUT2D eigenvalue weighted by Crippen LogP contribution is 2.68. The zero-order valence-electron chi connectivity index (χ0n) is 25.3. The normalized spacial score (nSPS) is 42.9. The third kappa shape index (κ3) is 4.21. The van der Waals surface area contributed by atoms with Gasteiger partial charge in [-0.1, -0.05) is 62.3 Å². The van der Waals surface area contributed by atoms with Gasteiger partial charge in [0, 0.05) is 31.3 Å². The quantitative estimate of drug-likeness (QED) is 0.331. The third-order valence-electron chi connectivity index (χ3n) is 12.1. The van der Waals surface area contributed by atoms with Gasteiger partial charge in [-0.25, -0.2) is 0 Å². The molecule has 5 heteroatoms. The van der Waals surface area contributed by atoms with E-state index in [0.717, 1.165) is 32.3 Å². The van der Waals surface area contributed by atoms with Crippen LogP contribution in [0.2, 0.25) is 16.6 Å². The average molecular weight is 521 g/mol. The van der Waals surface area contributed by atoms with Crippen LogP contribution in [0.15, 0.2) is 0 Å². The predicted octanol–water partition coefficient (Wildman–Crippen LogP) is 8.15. The summed E-state index contributed by atoms with van der Waals surface area (Å²) in [6.45, 7) is 26.5. The number of carbonyl (C=O) groups is 1. The van der Waals surface area contributed by atoms with Gasteiger partial charge in [-0.15, -0.1) is 0 Å². The van der Waals surface area contributed by atoms with Crippen molar-refractivity contribution in [1.29, 1.82) is 0 Å². The number of hydrogen-bond acceptors (Lipinski definition) is 4. The van der Waals surface area contributed by atoms with Crippen molar-refractivity contribution < 1.29 is 18.7 Å². The molecule has 0 aromatic carbocycles. The Kier molecular flexibility index (Phi) is 7.79. The molecule has 1 aliphatic heterocycles. The van der Waals surface area contributed by atoms with Crippen LogP contribution in [0.4, 0.5) is 0 Å². The smallest absolute Gasteiger partial charge is 0.200 e. The van der Waals surface area contributed by atoms with E-state index >= 15 is 0 Å². The molecule has 36 heavy (non-hydrogen) atoms. The zero-order chi connectivity index (χ0) is 26.8. The summed E-state index contributed by atoms with van der Waals surface area (Å²) in [6, 6.07) is 0. The van der Waals surface area contributed by atoms with Gasteiger partial charge in [0.25, 0.3) is 0 Å². The van der Waals surface area contributed by atoms with Gasteiger partial charge >= 0.3 is 0 Å². The summed E-state index contributed by atoms with van der Waals surface area (Å²) in [5.74, 6) is 1.43. The van der Waals surface area contributed by atoms with E-state index in [-0.39, 0.29) is 29.0 Å². The molecular weight excluding hydrogens is 464 g/mol. The minimum Gasteiger partial charge on any atom is -0.415 e. The summed E-state index contributed by atoms with van der Waals surface area (Å²) in [6.07, 6.45) is 6.39. The molecule has 0 aromatic heterocycles. The van der Waals surface area contributed by atoms with Gasteiger partial charge in [-0.05, 0) is 78.8 Å². The first kappa shape index (κ1) is 28.8. The van der Waals surface area contributed by atoms with Gasteiger partial charge < -0.3 is 13.9 Å². The molecule has 4 fully saturated rings. The third-order valence-corrected chi connectivity index (χ3v) is 18.1. The zero-order valence-corrected chi connectivity index (χ0v) is 26.3. The molecule has 0 radical (unpaired) electrons. The Morgan fingerprint density at radius 3 is 2.00 bits per heavy atom. The summed E-state index contributed by atoms with van der Waals surface area (Å²) >= 11 is 0. The highest BCUT2D eigenvalue weighted by atomic mass is 28.4. The fourth-order valence-electron chi connectivity index (χ4n) is 10.1. The monoisotopic (exact) mass is 520 g/mol. The van der Waals surface area contributed by atoms with Crippen LogP contribution in [-0.2, 0) is 18.7 Å². The summed E-state index contributed by atoms with van der Waals surface area (Å²) in [5, 5.41) is 0. The first-order valence-electron chi connectivity index (χ1n) is 15.2. The summed E-state index contributed by atoms with van der Waals surface area (Å²) in [4.78, 5) is 13.3. The Morgan fingerprint density at radius 2 is 1.47 bits per heavy atom. The van der Waals surface area contributed by atoms with Crippen LogP contribution in [0.3, 0.4) is 0 Å². The maximum Gasteiger partial charge on any atom is 0.200 e. The second-order valence-corrected chi connectivity index (χ2v) is 20.2. The molecule has 0 N–H and O–H groups in total. The maximum absolute atomic E-state index is 13.3. The van der Waals surface area contributed by atoms with Crippen LogP contribution in [-0.4, -0.2) is 38.7 Å². The molecule has 0 bridgehead atoms. The molecule has 0 amide bonds. The van der Waals surface area contributed by atoms with Crippen LogP contribution < -0.4 is 0 Å². The molecule has 4 rings (SSSR count). The molecule has 4 aliphatic rings.